The average Bonchev–Trinajstić information content (AvgIpc) is 2.40. The van der Waals surface area contributed by atoms with Crippen LogP contribution in [0.15, 0.2) is 24.3 Å². The molecule has 110 valence electrons. The first-order valence-electron chi connectivity index (χ1n) is 6.00. The van der Waals surface area contributed by atoms with Gasteiger partial charge in [0.25, 0.3) is 5.69 Å². The molecule has 1 heterocycles. The van der Waals surface area contributed by atoms with E-state index < -0.39 is 4.92 Å². The quantitative estimate of drug-likeness (QED) is 0.669. The van der Waals surface area contributed by atoms with Gasteiger partial charge in [-0.3, -0.25) is 19.8 Å². The lowest BCUT2D eigenvalue weighted by Crippen LogP contribution is -2.41. The molecular weight excluding hydrogens is 286 g/mol. The Bertz CT molecular complexity index is 478. The van der Waals surface area contributed by atoms with Gasteiger partial charge < -0.3 is 10.1 Å². The van der Waals surface area contributed by atoms with E-state index in [2.05, 4.69) is 5.32 Å². The molecule has 0 radical (unpaired) electrons. The average molecular weight is 302 g/mol. The van der Waals surface area contributed by atoms with Gasteiger partial charge >= 0.3 is 0 Å². The topological polar surface area (TPSA) is 84.7 Å². The minimum Gasteiger partial charge on any atom is -0.379 e. The van der Waals surface area contributed by atoms with E-state index in [4.69, 9.17) is 4.74 Å². The van der Waals surface area contributed by atoms with Gasteiger partial charge in [-0.2, -0.15) is 0 Å². The van der Waals surface area contributed by atoms with Crippen molar-refractivity contribution in [2.45, 2.75) is 0 Å². The minimum atomic E-state index is -0.510. The molecule has 1 fully saturated rings. The molecule has 0 aromatic heterocycles. The molecule has 0 saturated carbocycles. The summed E-state index contributed by atoms with van der Waals surface area (Å²) in [6, 6.07) is 6.10. The molecule has 0 unspecified atom stereocenters. The number of nitrogens with zero attached hydrogens (tertiary/aromatic N) is 2. The van der Waals surface area contributed by atoms with E-state index in [-0.39, 0.29) is 36.2 Å². The monoisotopic (exact) mass is 301 g/mol. The van der Waals surface area contributed by atoms with Crippen molar-refractivity contribution in [1.82, 2.24) is 4.90 Å². The first-order valence-corrected chi connectivity index (χ1v) is 6.00. The maximum Gasteiger partial charge on any atom is 0.292 e. The minimum absolute atomic E-state index is 0. The number of morpholine rings is 1. The smallest absolute Gasteiger partial charge is 0.292 e. The molecule has 1 aromatic carbocycles. The number of anilines is 1. The number of nitro benzene ring substituents is 1. The van der Waals surface area contributed by atoms with Crippen molar-refractivity contribution >= 4 is 29.7 Å². The van der Waals surface area contributed by atoms with E-state index in [0.29, 0.717) is 26.3 Å². The van der Waals surface area contributed by atoms with Crippen molar-refractivity contribution in [3.8, 4) is 0 Å². The number of benzene rings is 1. The van der Waals surface area contributed by atoms with Crippen LogP contribution in [0.3, 0.4) is 0 Å². The second-order valence-corrected chi connectivity index (χ2v) is 4.21. The van der Waals surface area contributed by atoms with Crippen LogP contribution in [0, 0.1) is 10.1 Å². The highest BCUT2D eigenvalue weighted by Crippen LogP contribution is 2.22. The summed E-state index contributed by atoms with van der Waals surface area (Å²) in [4.78, 5) is 24.1. The maximum atomic E-state index is 11.8. The van der Waals surface area contributed by atoms with Gasteiger partial charge in [0.1, 0.15) is 5.69 Å². The van der Waals surface area contributed by atoms with E-state index in [1.54, 1.807) is 12.1 Å². The SMILES string of the molecule is Cl.O=C(CN1CCOCC1)Nc1ccccc1[N+](=O)[O-]. The fourth-order valence-electron chi connectivity index (χ4n) is 1.89. The van der Waals surface area contributed by atoms with Gasteiger partial charge in [0.2, 0.25) is 5.91 Å². The van der Waals surface area contributed by atoms with Crippen LogP contribution in [0.25, 0.3) is 0 Å². The van der Waals surface area contributed by atoms with Crippen LogP contribution in [0.2, 0.25) is 0 Å². The fraction of sp³-hybridized carbons (Fsp3) is 0.417. The van der Waals surface area contributed by atoms with E-state index in [0.717, 1.165) is 0 Å². The zero-order chi connectivity index (χ0) is 13.7. The Morgan fingerprint density at radius 3 is 2.65 bits per heavy atom. The molecular formula is C12H16ClN3O4. The first kappa shape index (κ1) is 16.4. The second-order valence-electron chi connectivity index (χ2n) is 4.21. The van der Waals surface area contributed by atoms with Gasteiger partial charge in [0, 0.05) is 19.2 Å². The summed E-state index contributed by atoms with van der Waals surface area (Å²) in [5, 5.41) is 13.4. The molecule has 0 bridgehead atoms. The molecule has 1 amide bonds. The van der Waals surface area contributed by atoms with Crippen LogP contribution in [0.4, 0.5) is 11.4 Å². The number of hydrogen-bond donors (Lipinski definition) is 1. The number of nitrogens with one attached hydrogen (secondary N) is 1. The molecule has 2 rings (SSSR count). The molecule has 1 N–H and O–H groups in total. The number of amides is 1. The van der Waals surface area contributed by atoms with Crippen molar-refractivity contribution in [2.24, 2.45) is 0 Å². The van der Waals surface area contributed by atoms with Crippen LogP contribution in [-0.2, 0) is 9.53 Å². The Labute approximate surface area is 122 Å². The molecule has 1 aliphatic heterocycles. The molecule has 1 aliphatic rings. The summed E-state index contributed by atoms with van der Waals surface area (Å²) in [5.41, 5.74) is 0.128. The highest BCUT2D eigenvalue weighted by Gasteiger charge is 2.17. The number of carbonyl (C=O) groups excluding carboxylic acids is 1. The molecule has 8 heteroatoms. The predicted octanol–water partition coefficient (Wildman–Crippen LogP) is 1.29. The maximum absolute atomic E-state index is 11.8. The van der Waals surface area contributed by atoms with Crippen LogP contribution < -0.4 is 5.32 Å². The molecule has 0 atom stereocenters. The van der Waals surface area contributed by atoms with Crippen molar-refractivity contribution in [3.63, 3.8) is 0 Å². The molecule has 20 heavy (non-hydrogen) atoms. The highest BCUT2D eigenvalue weighted by molar-refractivity contribution is 5.94. The second kappa shape index (κ2) is 7.78. The Morgan fingerprint density at radius 2 is 2.00 bits per heavy atom. The lowest BCUT2D eigenvalue weighted by molar-refractivity contribution is -0.383. The van der Waals surface area contributed by atoms with E-state index >= 15 is 0 Å². The Hall–Kier alpha value is -1.70. The number of para-hydroxylation sites is 2. The number of ether oxygens (including phenoxy) is 1. The third-order valence-electron chi connectivity index (χ3n) is 2.85. The van der Waals surface area contributed by atoms with Gasteiger partial charge in [-0.1, -0.05) is 12.1 Å². The lowest BCUT2D eigenvalue weighted by Gasteiger charge is -2.25. The van der Waals surface area contributed by atoms with Gasteiger partial charge in [0.15, 0.2) is 0 Å². The zero-order valence-corrected chi connectivity index (χ0v) is 11.6. The molecule has 7 nitrogen and oxygen atoms in total. The standard InChI is InChI=1S/C12H15N3O4.ClH/c16-12(9-14-5-7-19-8-6-14)13-10-3-1-2-4-11(10)15(17)18;/h1-4H,5-9H2,(H,13,16);1H. The Kier molecular flexibility index (Phi) is 6.37. The first-order chi connectivity index (χ1) is 9.16. The fourth-order valence-corrected chi connectivity index (χ4v) is 1.89. The van der Waals surface area contributed by atoms with Crippen molar-refractivity contribution in [1.29, 1.82) is 0 Å². The Morgan fingerprint density at radius 1 is 1.35 bits per heavy atom. The zero-order valence-electron chi connectivity index (χ0n) is 10.8. The lowest BCUT2D eigenvalue weighted by atomic mass is 10.2. The van der Waals surface area contributed by atoms with Crippen LogP contribution in [-0.4, -0.2) is 48.6 Å². The molecule has 1 aromatic rings. The Balaban J connectivity index is 0.00000200. The molecule has 0 aliphatic carbocycles. The third kappa shape index (κ3) is 4.44. The summed E-state index contributed by atoms with van der Waals surface area (Å²) in [7, 11) is 0. The van der Waals surface area contributed by atoms with Gasteiger partial charge in [0.05, 0.1) is 24.7 Å². The van der Waals surface area contributed by atoms with Crippen LogP contribution in [0.1, 0.15) is 0 Å². The summed E-state index contributed by atoms with van der Waals surface area (Å²) in [6.07, 6.45) is 0. The van der Waals surface area contributed by atoms with Crippen LogP contribution >= 0.6 is 12.4 Å². The number of carbonyl (C=O) groups is 1. The third-order valence-corrected chi connectivity index (χ3v) is 2.85. The number of halogens is 1. The molecule has 1 saturated heterocycles. The number of hydrogen-bond acceptors (Lipinski definition) is 5. The van der Waals surface area contributed by atoms with Gasteiger partial charge in [-0.15, -0.1) is 12.4 Å². The predicted molar refractivity (Wildman–Crippen MR) is 76.2 cm³/mol. The summed E-state index contributed by atoms with van der Waals surface area (Å²) in [5.74, 6) is -0.254. The van der Waals surface area contributed by atoms with Gasteiger partial charge in [-0.25, -0.2) is 0 Å². The van der Waals surface area contributed by atoms with Crippen molar-refractivity contribution < 1.29 is 14.5 Å². The summed E-state index contributed by atoms with van der Waals surface area (Å²) in [6.45, 7) is 2.83. The molecule has 0 spiro atoms. The summed E-state index contributed by atoms with van der Waals surface area (Å²) >= 11 is 0. The van der Waals surface area contributed by atoms with E-state index in [1.807, 2.05) is 4.90 Å². The van der Waals surface area contributed by atoms with E-state index in [9.17, 15) is 14.9 Å². The van der Waals surface area contributed by atoms with Crippen molar-refractivity contribution in [3.05, 3.63) is 34.4 Å². The summed E-state index contributed by atoms with van der Waals surface area (Å²) < 4.78 is 5.19. The normalized spacial score (nSPS) is 15.2. The van der Waals surface area contributed by atoms with Crippen molar-refractivity contribution in [2.75, 3.05) is 38.2 Å². The largest absolute Gasteiger partial charge is 0.379 e. The van der Waals surface area contributed by atoms with Crippen LogP contribution in [0.5, 0.6) is 0 Å². The van der Waals surface area contributed by atoms with Gasteiger partial charge in [-0.05, 0) is 6.07 Å². The number of nitro groups is 1. The van der Waals surface area contributed by atoms with E-state index in [1.165, 1.54) is 12.1 Å². The highest BCUT2D eigenvalue weighted by atomic mass is 35.5. The number of rotatable bonds is 4.